The van der Waals surface area contributed by atoms with E-state index in [1.165, 1.54) is 0 Å². The van der Waals surface area contributed by atoms with Crippen LogP contribution in [0.25, 0.3) is 0 Å². The summed E-state index contributed by atoms with van der Waals surface area (Å²) in [4.78, 5) is 24.0. The number of benzene rings is 1. The number of carbonyl (C=O) groups excluding carboxylic acids is 2. The predicted molar refractivity (Wildman–Crippen MR) is 88.8 cm³/mol. The molecule has 0 saturated heterocycles. The molecular weight excluding hydrogens is 304 g/mol. The van der Waals surface area contributed by atoms with Crippen molar-refractivity contribution in [3.8, 4) is 0 Å². The summed E-state index contributed by atoms with van der Waals surface area (Å²) in [5.41, 5.74) is 5.88. The normalized spacial score (nSPS) is 13.5. The highest BCUT2D eigenvalue weighted by molar-refractivity contribution is 5.87. The molecule has 2 atom stereocenters. The molecule has 3 N–H and O–H groups in total. The number of hydrogen-bond donors (Lipinski definition) is 2. The van der Waals surface area contributed by atoms with Crippen LogP contribution in [0.2, 0.25) is 0 Å². The Labute approximate surface area is 138 Å². The van der Waals surface area contributed by atoms with Crippen LogP contribution >= 0.6 is 12.4 Å². The Morgan fingerprint density at radius 3 is 2.23 bits per heavy atom. The van der Waals surface area contributed by atoms with Crippen molar-refractivity contribution in [2.45, 2.75) is 51.8 Å². The predicted octanol–water partition coefficient (Wildman–Crippen LogP) is 1.82. The molecular formula is C16H25ClN2O3. The number of ether oxygens (including phenoxy) is 1. The third kappa shape index (κ3) is 7.43. The van der Waals surface area contributed by atoms with Crippen molar-refractivity contribution in [2.24, 2.45) is 5.73 Å². The van der Waals surface area contributed by atoms with Gasteiger partial charge >= 0.3 is 5.97 Å². The molecule has 1 aromatic rings. The Kier molecular flexibility index (Phi) is 8.12. The summed E-state index contributed by atoms with van der Waals surface area (Å²) in [7, 11) is 0. The van der Waals surface area contributed by atoms with E-state index in [1.54, 1.807) is 27.7 Å². The number of esters is 1. The zero-order chi connectivity index (χ0) is 16.0. The van der Waals surface area contributed by atoms with Crippen LogP contribution in [-0.4, -0.2) is 29.6 Å². The van der Waals surface area contributed by atoms with Crippen molar-refractivity contribution in [3.63, 3.8) is 0 Å². The van der Waals surface area contributed by atoms with Crippen LogP contribution in [0, 0.1) is 0 Å². The quantitative estimate of drug-likeness (QED) is 0.808. The van der Waals surface area contributed by atoms with Gasteiger partial charge in [-0.2, -0.15) is 0 Å². The molecule has 5 nitrogen and oxygen atoms in total. The van der Waals surface area contributed by atoms with E-state index >= 15 is 0 Å². The smallest absolute Gasteiger partial charge is 0.329 e. The van der Waals surface area contributed by atoms with E-state index in [4.69, 9.17) is 10.5 Å². The summed E-state index contributed by atoms with van der Waals surface area (Å²) in [6.07, 6.45) is 0.369. The Hall–Kier alpha value is -1.59. The molecule has 0 bridgehead atoms. The Morgan fingerprint density at radius 2 is 1.77 bits per heavy atom. The van der Waals surface area contributed by atoms with Crippen molar-refractivity contribution in [1.82, 2.24) is 5.32 Å². The number of carbonyl (C=O) groups is 2. The minimum absolute atomic E-state index is 0. The van der Waals surface area contributed by atoms with E-state index in [2.05, 4.69) is 5.32 Å². The maximum absolute atomic E-state index is 12.2. The highest BCUT2D eigenvalue weighted by Gasteiger charge is 2.27. The highest BCUT2D eigenvalue weighted by Crippen LogP contribution is 2.11. The van der Waals surface area contributed by atoms with Crippen LogP contribution in [-0.2, 0) is 20.7 Å². The largest absolute Gasteiger partial charge is 0.458 e. The van der Waals surface area contributed by atoms with Crippen LogP contribution in [0.4, 0.5) is 0 Å². The van der Waals surface area contributed by atoms with Gasteiger partial charge in [0.2, 0.25) is 5.91 Å². The third-order valence-corrected chi connectivity index (χ3v) is 2.70. The van der Waals surface area contributed by atoms with Crippen LogP contribution < -0.4 is 11.1 Å². The summed E-state index contributed by atoms with van der Waals surface area (Å²) >= 11 is 0. The SMILES string of the molecule is C[C@H](N)C(=O)N[C@@H](Cc1ccccc1)C(=O)OC(C)(C)C.Cl. The maximum atomic E-state index is 12.2. The molecule has 0 radical (unpaired) electrons. The van der Waals surface area contributed by atoms with Crippen LogP contribution in [0.3, 0.4) is 0 Å². The van der Waals surface area contributed by atoms with Gasteiger partial charge in [0.1, 0.15) is 11.6 Å². The molecule has 0 aliphatic rings. The van der Waals surface area contributed by atoms with E-state index in [0.717, 1.165) is 5.56 Å². The zero-order valence-electron chi connectivity index (χ0n) is 13.5. The first kappa shape index (κ1) is 20.4. The van der Waals surface area contributed by atoms with Gasteiger partial charge in [-0.15, -0.1) is 12.4 Å². The summed E-state index contributed by atoms with van der Waals surface area (Å²) < 4.78 is 5.36. The molecule has 6 heteroatoms. The van der Waals surface area contributed by atoms with E-state index in [1.807, 2.05) is 30.3 Å². The molecule has 1 amide bonds. The van der Waals surface area contributed by atoms with Gasteiger partial charge in [-0.25, -0.2) is 4.79 Å². The second kappa shape index (κ2) is 8.76. The van der Waals surface area contributed by atoms with Gasteiger partial charge in [0.25, 0.3) is 0 Å². The van der Waals surface area contributed by atoms with Gasteiger partial charge in [-0.3, -0.25) is 4.79 Å². The Bertz CT molecular complexity index is 484. The molecule has 0 fully saturated rings. The first-order chi connectivity index (χ1) is 9.69. The summed E-state index contributed by atoms with van der Waals surface area (Å²) in [6, 6.07) is 8.04. The second-order valence-electron chi connectivity index (χ2n) is 6.07. The number of hydrogen-bond acceptors (Lipinski definition) is 4. The van der Waals surface area contributed by atoms with E-state index in [9.17, 15) is 9.59 Å². The van der Waals surface area contributed by atoms with Gasteiger partial charge in [0, 0.05) is 6.42 Å². The van der Waals surface area contributed by atoms with Crippen LogP contribution in [0.15, 0.2) is 30.3 Å². The van der Waals surface area contributed by atoms with E-state index in [0.29, 0.717) is 6.42 Å². The lowest BCUT2D eigenvalue weighted by Gasteiger charge is -2.25. The van der Waals surface area contributed by atoms with Gasteiger partial charge in [0.15, 0.2) is 0 Å². The molecule has 124 valence electrons. The summed E-state index contributed by atoms with van der Waals surface area (Å²) in [5.74, 6) is -0.831. The minimum atomic E-state index is -0.745. The number of nitrogens with one attached hydrogen (secondary N) is 1. The fourth-order valence-electron chi connectivity index (χ4n) is 1.72. The van der Waals surface area contributed by atoms with Crippen molar-refractivity contribution in [2.75, 3.05) is 0 Å². The van der Waals surface area contributed by atoms with Gasteiger partial charge < -0.3 is 15.8 Å². The van der Waals surface area contributed by atoms with Crippen LogP contribution in [0.5, 0.6) is 0 Å². The molecule has 0 aliphatic carbocycles. The molecule has 0 aromatic heterocycles. The first-order valence-electron chi connectivity index (χ1n) is 7.02. The Morgan fingerprint density at radius 1 is 1.23 bits per heavy atom. The minimum Gasteiger partial charge on any atom is -0.458 e. The topological polar surface area (TPSA) is 81.4 Å². The van der Waals surface area contributed by atoms with Gasteiger partial charge in [0.05, 0.1) is 6.04 Å². The fraction of sp³-hybridized carbons (Fsp3) is 0.500. The van der Waals surface area contributed by atoms with Gasteiger partial charge in [-0.05, 0) is 33.3 Å². The lowest BCUT2D eigenvalue weighted by molar-refractivity contribution is -0.158. The Balaban J connectivity index is 0.00000441. The number of rotatable bonds is 5. The highest BCUT2D eigenvalue weighted by atomic mass is 35.5. The second-order valence-corrected chi connectivity index (χ2v) is 6.07. The molecule has 0 unspecified atom stereocenters. The molecule has 0 saturated carbocycles. The number of amides is 1. The lowest BCUT2D eigenvalue weighted by Crippen LogP contribution is -2.50. The van der Waals surface area contributed by atoms with E-state index in [-0.39, 0.29) is 18.3 Å². The molecule has 1 aromatic carbocycles. The van der Waals surface area contributed by atoms with Crippen molar-refractivity contribution < 1.29 is 14.3 Å². The molecule has 0 spiro atoms. The van der Waals surface area contributed by atoms with Crippen molar-refractivity contribution in [1.29, 1.82) is 0 Å². The van der Waals surface area contributed by atoms with Crippen molar-refractivity contribution in [3.05, 3.63) is 35.9 Å². The average molecular weight is 329 g/mol. The number of nitrogens with two attached hydrogens (primary N) is 1. The average Bonchev–Trinajstić information content (AvgIpc) is 2.36. The van der Waals surface area contributed by atoms with Crippen molar-refractivity contribution >= 4 is 24.3 Å². The zero-order valence-corrected chi connectivity index (χ0v) is 14.3. The third-order valence-electron chi connectivity index (χ3n) is 2.70. The van der Waals surface area contributed by atoms with E-state index < -0.39 is 23.7 Å². The van der Waals surface area contributed by atoms with Gasteiger partial charge in [-0.1, -0.05) is 30.3 Å². The number of halogens is 1. The molecule has 0 aliphatic heterocycles. The summed E-state index contributed by atoms with van der Waals surface area (Å²) in [6.45, 7) is 6.94. The molecule has 22 heavy (non-hydrogen) atoms. The fourth-order valence-corrected chi connectivity index (χ4v) is 1.72. The molecule has 1 rings (SSSR count). The standard InChI is InChI=1S/C16H24N2O3.ClH/c1-11(17)14(19)18-13(15(20)21-16(2,3)4)10-12-8-6-5-7-9-12;/h5-9,11,13H,10,17H2,1-4H3,(H,18,19);1H/t11-,13-;/m0./s1. The first-order valence-corrected chi connectivity index (χ1v) is 7.02. The lowest BCUT2D eigenvalue weighted by atomic mass is 10.1. The monoisotopic (exact) mass is 328 g/mol. The summed E-state index contributed by atoms with van der Waals surface area (Å²) in [5, 5.41) is 2.65. The molecule has 0 heterocycles. The maximum Gasteiger partial charge on any atom is 0.329 e. The van der Waals surface area contributed by atoms with Crippen LogP contribution in [0.1, 0.15) is 33.3 Å².